The van der Waals surface area contributed by atoms with Crippen LogP contribution in [0.4, 0.5) is 5.69 Å². The van der Waals surface area contributed by atoms with E-state index in [1.165, 1.54) is 17.0 Å². The molecule has 0 aromatic heterocycles. The molecule has 36 heavy (non-hydrogen) atoms. The number of aryl methyl sites for hydroxylation is 1. The van der Waals surface area contributed by atoms with Crippen LogP contribution in [0.25, 0.3) is 0 Å². The van der Waals surface area contributed by atoms with Gasteiger partial charge in [0.05, 0.1) is 10.6 Å². The van der Waals surface area contributed by atoms with E-state index in [-0.39, 0.29) is 23.4 Å². The van der Waals surface area contributed by atoms with Gasteiger partial charge in [0.25, 0.3) is 10.0 Å². The number of anilines is 1. The molecular weight excluding hydrogens is 474 g/mol. The molecule has 0 spiro atoms. The van der Waals surface area contributed by atoms with Crippen LogP contribution < -0.4 is 9.62 Å². The molecule has 3 rings (SSSR count). The lowest BCUT2D eigenvalue weighted by atomic mass is 10.1. The van der Waals surface area contributed by atoms with E-state index in [9.17, 15) is 18.0 Å². The number of rotatable bonds is 10. The van der Waals surface area contributed by atoms with Crippen LogP contribution in [0.5, 0.6) is 0 Å². The maximum atomic E-state index is 13.7. The third-order valence-electron chi connectivity index (χ3n) is 5.73. The fraction of sp³-hybridized carbons (Fsp3) is 0.286. The van der Waals surface area contributed by atoms with Crippen LogP contribution in [-0.2, 0) is 26.2 Å². The van der Waals surface area contributed by atoms with Crippen LogP contribution in [0.3, 0.4) is 0 Å². The molecule has 7 nitrogen and oxygen atoms in total. The van der Waals surface area contributed by atoms with Crippen LogP contribution >= 0.6 is 0 Å². The summed E-state index contributed by atoms with van der Waals surface area (Å²) in [6, 6.07) is 23.4. The Labute approximate surface area is 213 Å². The van der Waals surface area contributed by atoms with Crippen LogP contribution in [-0.4, -0.2) is 43.8 Å². The summed E-state index contributed by atoms with van der Waals surface area (Å²) >= 11 is 0. The van der Waals surface area contributed by atoms with Gasteiger partial charge in [-0.25, -0.2) is 8.42 Å². The van der Waals surface area contributed by atoms with Crippen molar-refractivity contribution in [3.05, 3.63) is 96.1 Å². The van der Waals surface area contributed by atoms with Crippen molar-refractivity contribution in [2.75, 3.05) is 10.8 Å². The number of sulfonamides is 1. The van der Waals surface area contributed by atoms with E-state index in [0.29, 0.717) is 5.69 Å². The first-order valence-corrected chi connectivity index (χ1v) is 13.3. The van der Waals surface area contributed by atoms with E-state index in [1.54, 1.807) is 49.4 Å². The maximum absolute atomic E-state index is 13.7. The summed E-state index contributed by atoms with van der Waals surface area (Å²) in [7, 11) is -4.05. The molecule has 1 atom stereocenters. The lowest BCUT2D eigenvalue weighted by Crippen LogP contribution is -2.52. The van der Waals surface area contributed by atoms with E-state index < -0.39 is 28.5 Å². The summed E-state index contributed by atoms with van der Waals surface area (Å²) in [5.74, 6) is -0.785. The Balaban J connectivity index is 1.99. The standard InChI is InChI=1S/C28H33N3O4S/c1-21(2)29-28(33)23(4)30(19-24-11-7-5-8-12-24)27(32)20-31(25-13-9-6-10-14-25)36(34,35)26-17-15-22(3)16-18-26/h5-18,21,23H,19-20H2,1-4H3,(H,29,33)/t23-/m1/s1. The van der Waals surface area contributed by atoms with E-state index in [1.807, 2.05) is 51.1 Å². The molecule has 0 unspecified atom stereocenters. The third kappa shape index (κ3) is 6.73. The second kappa shape index (κ2) is 11.9. The van der Waals surface area contributed by atoms with Crippen molar-refractivity contribution in [3.8, 4) is 0 Å². The molecule has 0 aliphatic rings. The molecule has 0 fully saturated rings. The van der Waals surface area contributed by atoms with Crippen LogP contribution in [0.15, 0.2) is 89.8 Å². The van der Waals surface area contributed by atoms with E-state index in [0.717, 1.165) is 15.4 Å². The van der Waals surface area contributed by atoms with Crippen LogP contribution in [0, 0.1) is 6.92 Å². The lowest BCUT2D eigenvalue weighted by molar-refractivity contribution is -0.139. The van der Waals surface area contributed by atoms with Crippen molar-refractivity contribution >= 4 is 27.5 Å². The van der Waals surface area contributed by atoms with Crippen molar-refractivity contribution in [2.45, 2.75) is 51.2 Å². The highest BCUT2D eigenvalue weighted by Crippen LogP contribution is 2.24. The molecule has 1 N–H and O–H groups in total. The summed E-state index contributed by atoms with van der Waals surface area (Å²) < 4.78 is 28.5. The van der Waals surface area contributed by atoms with Gasteiger partial charge < -0.3 is 10.2 Å². The minimum atomic E-state index is -4.05. The van der Waals surface area contributed by atoms with Crippen LogP contribution in [0.2, 0.25) is 0 Å². The molecule has 0 bridgehead atoms. The topological polar surface area (TPSA) is 86.8 Å². The summed E-state index contributed by atoms with van der Waals surface area (Å²) in [5.41, 5.74) is 2.13. The molecule has 0 aliphatic carbocycles. The Bertz CT molecular complexity index is 1260. The summed E-state index contributed by atoms with van der Waals surface area (Å²) in [6.07, 6.45) is 0. The molecule has 0 radical (unpaired) electrons. The molecule has 8 heteroatoms. The summed E-state index contributed by atoms with van der Waals surface area (Å²) in [6.45, 7) is 6.93. The first-order valence-electron chi connectivity index (χ1n) is 11.9. The Morgan fingerprint density at radius 2 is 1.39 bits per heavy atom. The molecular formula is C28H33N3O4S. The highest BCUT2D eigenvalue weighted by atomic mass is 32.2. The second-order valence-electron chi connectivity index (χ2n) is 9.01. The van der Waals surface area contributed by atoms with Crippen molar-refractivity contribution < 1.29 is 18.0 Å². The molecule has 190 valence electrons. The zero-order valence-electron chi connectivity index (χ0n) is 21.1. The first-order chi connectivity index (χ1) is 17.1. The highest BCUT2D eigenvalue weighted by Gasteiger charge is 2.32. The minimum Gasteiger partial charge on any atom is -0.352 e. The number of hydrogen-bond donors (Lipinski definition) is 1. The second-order valence-corrected chi connectivity index (χ2v) is 10.9. The minimum absolute atomic E-state index is 0.0879. The van der Waals surface area contributed by atoms with Gasteiger partial charge in [0.2, 0.25) is 11.8 Å². The fourth-order valence-electron chi connectivity index (χ4n) is 3.73. The Hall–Kier alpha value is -3.65. The van der Waals surface area contributed by atoms with Gasteiger partial charge in [-0.1, -0.05) is 66.2 Å². The Morgan fingerprint density at radius 3 is 1.94 bits per heavy atom. The number of nitrogens with one attached hydrogen (secondary N) is 1. The molecule has 3 aromatic carbocycles. The molecule has 2 amide bonds. The predicted octanol–water partition coefficient (Wildman–Crippen LogP) is 4.13. The average Bonchev–Trinajstić information content (AvgIpc) is 2.86. The van der Waals surface area contributed by atoms with Crippen molar-refractivity contribution in [1.29, 1.82) is 0 Å². The molecule has 0 heterocycles. The van der Waals surface area contributed by atoms with E-state index in [2.05, 4.69) is 5.32 Å². The first kappa shape index (κ1) is 26.9. The number of amides is 2. The van der Waals surface area contributed by atoms with Gasteiger partial charge in [-0.2, -0.15) is 0 Å². The fourth-order valence-corrected chi connectivity index (χ4v) is 5.14. The van der Waals surface area contributed by atoms with Gasteiger partial charge in [0, 0.05) is 12.6 Å². The summed E-state index contributed by atoms with van der Waals surface area (Å²) in [5, 5.41) is 2.85. The smallest absolute Gasteiger partial charge is 0.264 e. The van der Waals surface area contributed by atoms with Crippen molar-refractivity contribution in [1.82, 2.24) is 10.2 Å². The average molecular weight is 508 g/mol. The van der Waals surface area contributed by atoms with Gasteiger partial charge in [0.1, 0.15) is 12.6 Å². The number of carbonyl (C=O) groups excluding carboxylic acids is 2. The Morgan fingerprint density at radius 1 is 0.833 bits per heavy atom. The summed E-state index contributed by atoms with van der Waals surface area (Å²) in [4.78, 5) is 28.1. The monoisotopic (exact) mass is 507 g/mol. The zero-order chi connectivity index (χ0) is 26.3. The van der Waals surface area contributed by atoms with Crippen molar-refractivity contribution in [2.24, 2.45) is 0 Å². The SMILES string of the molecule is Cc1ccc(S(=O)(=O)N(CC(=O)N(Cc2ccccc2)[C@H](C)C(=O)NC(C)C)c2ccccc2)cc1. The predicted molar refractivity (Wildman–Crippen MR) is 142 cm³/mol. The molecule has 0 aliphatic heterocycles. The molecule has 0 saturated carbocycles. The van der Waals surface area contributed by atoms with Gasteiger partial charge in [-0.15, -0.1) is 0 Å². The lowest BCUT2D eigenvalue weighted by Gasteiger charge is -2.32. The number of hydrogen-bond acceptors (Lipinski definition) is 4. The quantitative estimate of drug-likeness (QED) is 0.447. The number of carbonyl (C=O) groups is 2. The highest BCUT2D eigenvalue weighted by molar-refractivity contribution is 7.92. The number of nitrogens with zero attached hydrogens (tertiary/aromatic N) is 2. The number of para-hydroxylation sites is 1. The molecule has 3 aromatic rings. The largest absolute Gasteiger partial charge is 0.352 e. The van der Waals surface area contributed by atoms with E-state index in [4.69, 9.17) is 0 Å². The van der Waals surface area contributed by atoms with Crippen LogP contribution in [0.1, 0.15) is 31.9 Å². The van der Waals surface area contributed by atoms with Gasteiger partial charge in [0.15, 0.2) is 0 Å². The number of benzene rings is 3. The molecule has 0 saturated heterocycles. The van der Waals surface area contributed by atoms with Crippen molar-refractivity contribution in [3.63, 3.8) is 0 Å². The maximum Gasteiger partial charge on any atom is 0.264 e. The van der Waals surface area contributed by atoms with Gasteiger partial charge >= 0.3 is 0 Å². The van der Waals surface area contributed by atoms with Gasteiger partial charge in [-0.3, -0.25) is 13.9 Å². The van der Waals surface area contributed by atoms with E-state index >= 15 is 0 Å². The third-order valence-corrected chi connectivity index (χ3v) is 7.51. The zero-order valence-corrected chi connectivity index (χ0v) is 21.9. The van der Waals surface area contributed by atoms with Gasteiger partial charge in [-0.05, 0) is 57.5 Å². The Kier molecular flexibility index (Phi) is 8.88. The normalized spacial score (nSPS) is 12.1.